The molecule has 0 aliphatic heterocycles. The number of carbonyl (C=O) groups excluding carboxylic acids is 4. The van der Waals surface area contributed by atoms with E-state index >= 15 is 0 Å². The summed E-state index contributed by atoms with van der Waals surface area (Å²) in [6.07, 6.45) is -1.44. The number of para-hydroxylation sites is 1. The van der Waals surface area contributed by atoms with Crippen molar-refractivity contribution in [3.05, 3.63) is 58.6 Å². The molecule has 2 aromatic carbocycles. The molecule has 206 valence electrons. The first-order valence-electron chi connectivity index (χ1n) is 12.1. The van der Waals surface area contributed by atoms with Gasteiger partial charge in [0.2, 0.25) is 11.8 Å². The molecule has 0 saturated carbocycles. The van der Waals surface area contributed by atoms with Crippen molar-refractivity contribution in [1.29, 1.82) is 0 Å². The maximum Gasteiger partial charge on any atom is 0.408 e. The number of alkyl carbamates (subject to hydrolysis) is 1. The zero-order valence-corrected chi connectivity index (χ0v) is 23.1. The maximum absolute atomic E-state index is 13.9. The highest BCUT2D eigenvalue weighted by Crippen LogP contribution is 2.31. The van der Waals surface area contributed by atoms with Crippen molar-refractivity contribution < 1.29 is 29.0 Å². The number of nitrogens with zero attached hydrogens (tertiary/aromatic N) is 1. The van der Waals surface area contributed by atoms with E-state index in [-0.39, 0.29) is 5.75 Å². The number of ether oxygens (including phenoxy) is 1. The lowest BCUT2D eigenvalue weighted by atomic mass is 10.00. The fourth-order valence-electron chi connectivity index (χ4n) is 3.79. The molecule has 2 unspecified atom stereocenters. The molecule has 0 spiro atoms. The van der Waals surface area contributed by atoms with Crippen LogP contribution in [0.1, 0.15) is 58.2 Å². The van der Waals surface area contributed by atoms with Gasteiger partial charge < -0.3 is 31.1 Å². The molecule has 0 fully saturated rings. The van der Waals surface area contributed by atoms with Gasteiger partial charge in [0.15, 0.2) is 0 Å². The van der Waals surface area contributed by atoms with E-state index < -0.39 is 54.0 Å². The number of benzene rings is 2. The van der Waals surface area contributed by atoms with Crippen molar-refractivity contribution >= 4 is 41.1 Å². The Morgan fingerprint density at radius 1 is 1.08 bits per heavy atom. The normalized spacial score (nSPS) is 12.8. The van der Waals surface area contributed by atoms with Crippen molar-refractivity contribution in [2.45, 2.75) is 71.7 Å². The molecule has 0 aliphatic rings. The number of aromatic hydroxyl groups is 1. The fourth-order valence-corrected chi connectivity index (χ4v) is 4.06. The first-order valence-corrected chi connectivity index (χ1v) is 12.4. The minimum Gasteiger partial charge on any atom is -0.508 e. The first kappa shape index (κ1) is 30.4. The highest BCUT2D eigenvalue weighted by atomic mass is 35.5. The SMILES string of the molecule is Cc1cccc(Cl)c1NC(=O)C(c1ccc(O)cc1)N(C(=O)C(CC(N)=O)NC(=O)OC(C)(C)C)C(C)C. The summed E-state index contributed by atoms with van der Waals surface area (Å²) in [4.78, 5) is 53.2. The van der Waals surface area contributed by atoms with Crippen LogP contribution in [0.2, 0.25) is 5.02 Å². The molecule has 38 heavy (non-hydrogen) atoms. The molecule has 2 atom stereocenters. The number of phenols is 1. The van der Waals surface area contributed by atoms with Crippen molar-refractivity contribution in [2.24, 2.45) is 5.73 Å². The summed E-state index contributed by atoms with van der Waals surface area (Å²) in [5.74, 6) is -2.19. The van der Waals surface area contributed by atoms with Gasteiger partial charge in [-0.2, -0.15) is 0 Å². The summed E-state index contributed by atoms with van der Waals surface area (Å²) in [5, 5.41) is 15.3. The summed E-state index contributed by atoms with van der Waals surface area (Å²) in [6.45, 7) is 10.1. The number of phenolic OH excluding ortho intramolecular Hbond substituents is 1. The van der Waals surface area contributed by atoms with Crippen molar-refractivity contribution in [3.63, 3.8) is 0 Å². The van der Waals surface area contributed by atoms with Crippen LogP contribution < -0.4 is 16.4 Å². The number of halogens is 1. The Morgan fingerprint density at radius 3 is 2.18 bits per heavy atom. The minimum atomic E-state index is -1.40. The van der Waals surface area contributed by atoms with Gasteiger partial charge in [-0.05, 0) is 70.9 Å². The summed E-state index contributed by atoms with van der Waals surface area (Å²) in [7, 11) is 0. The fraction of sp³-hybridized carbons (Fsp3) is 0.407. The molecule has 5 N–H and O–H groups in total. The molecule has 4 amide bonds. The van der Waals surface area contributed by atoms with Crippen LogP contribution in [0.4, 0.5) is 10.5 Å². The van der Waals surface area contributed by atoms with E-state index in [1.807, 2.05) is 0 Å². The molecule has 11 heteroatoms. The number of anilines is 1. The highest BCUT2D eigenvalue weighted by molar-refractivity contribution is 6.34. The molecule has 0 saturated heterocycles. The number of aryl methyl sites for hydroxylation is 1. The van der Waals surface area contributed by atoms with Crippen LogP contribution in [0.15, 0.2) is 42.5 Å². The van der Waals surface area contributed by atoms with Gasteiger partial charge in [0.1, 0.15) is 23.4 Å². The second-order valence-corrected chi connectivity index (χ2v) is 10.5. The third-order valence-corrected chi connectivity index (χ3v) is 5.73. The molecular weight excluding hydrogens is 512 g/mol. The Bertz CT molecular complexity index is 1160. The molecule has 2 aromatic rings. The van der Waals surface area contributed by atoms with Gasteiger partial charge in [0.25, 0.3) is 5.91 Å². The zero-order valence-electron chi connectivity index (χ0n) is 22.4. The molecule has 10 nitrogen and oxygen atoms in total. The molecule has 0 heterocycles. The van der Waals surface area contributed by atoms with Gasteiger partial charge in [-0.3, -0.25) is 14.4 Å². The third kappa shape index (κ3) is 8.37. The Morgan fingerprint density at radius 2 is 1.68 bits per heavy atom. The highest BCUT2D eigenvalue weighted by Gasteiger charge is 2.38. The lowest BCUT2D eigenvalue weighted by molar-refractivity contribution is -0.143. The van der Waals surface area contributed by atoms with Crippen molar-refractivity contribution in [3.8, 4) is 5.75 Å². The second-order valence-electron chi connectivity index (χ2n) is 10.1. The number of amides is 4. The van der Waals surface area contributed by atoms with E-state index in [9.17, 15) is 24.3 Å². The maximum atomic E-state index is 13.9. The summed E-state index contributed by atoms with van der Waals surface area (Å²) >= 11 is 6.33. The predicted octanol–water partition coefficient (Wildman–Crippen LogP) is 4.04. The standard InChI is InChI=1S/C27H35ClN4O6/c1-15(2)32(25(36)20(14-21(29)34)30-26(37)38-27(4,5)6)23(17-10-12-18(33)13-11-17)24(35)31-22-16(3)8-7-9-19(22)28/h7-13,15,20,23,33H,14H2,1-6H3,(H2,29,34)(H,30,37)(H,31,35). The average molecular weight is 547 g/mol. The van der Waals surface area contributed by atoms with Gasteiger partial charge in [0.05, 0.1) is 17.1 Å². The minimum absolute atomic E-state index is 0.0320. The number of carbonyl (C=O) groups is 4. The molecule has 0 radical (unpaired) electrons. The number of nitrogens with one attached hydrogen (secondary N) is 2. The van der Waals surface area contributed by atoms with Crippen LogP contribution in [0.5, 0.6) is 5.75 Å². The largest absolute Gasteiger partial charge is 0.508 e. The predicted molar refractivity (Wildman–Crippen MR) is 145 cm³/mol. The van der Waals surface area contributed by atoms with Gasteiger partial charge in [-0.15, -0.1) is 0 Å². The summed E-state index contributed by atoms with van der Waals surface area (Å²) in [5.41, 5.74) is 5.98. The first-order chi connectivity index (χ1) is 17.6. The van der Waals surface area contributed by atoms with E-state index in [2.05, 4.69) is 10.6 Å². The molecule has 0 aromatic heterocycles. The second kappa shape index (κ2) is 12.6. The van der Waals surface area contributed by atoms with E-state index in [1.165, 1.54) is 29.2 Å². The smallest absolute Gasteiger partial charge is 0.408 e. The molecule has 0 aliphatic carbocycles. The summed E-state index contributed by atoms with van der Waals surface area (Å²) < 4.78 is 5.26. The van der Waals surface area contributed by atoms with Crippen LogP contribution in [0.25, 0.3) is 0 Å². The van der Waals surface area contributed by atoms with Gasteiger partial charge in [-0.1, -0.05) is 35.9 Å². The Labute approximate surface area is 227 Å². The van der Waals surface area contributed by atoms with Crippen LogP contribution in [-0.2, 0) is 19.1 Å². The van der Waals surface area contributed by atoms with Crippen molar-refractivity contribution in [1.82, 2.24) is 10.2 Å². The van der Waals surface area contributed by atoms with Gasteiger partial charge >= 0.3 is 6.09 Å². The number of rotatable bonds is 9. The van der Waals surface area contributed by atoms with E-state index in [0.717, 1.165) is 0 Å². The van der Waals surface area contributed by atoms with Crippen LogP contribution in [-0.4, -0.2) is 51.5 Å². The van der Waals surface area contributed by atoms with Crippen molar-refractivity contribution in [2.75, 3.05) is 5.32 Å². The topological polar surface area (TPSA) is 151 Å². The third-order valence-electron chi connectivity index (χ3n) is 5.41. The van der Waals surface area contributed by atoms with Gasteiger partial charge in [0, 0.05) is 6.04 Å². The quantitative estimate of drug-likeness (QED) is 0.372. The Kier molecular flexibility index (Phi) is 10.1. The van der Waals surface area contributed by atoms with Crippen LogP contribution >= 0.6 is 11.6 Å². The Balaban J connectivity index is 2.56. The van der Waals surface area contributed by atoms with E-state index in [0.29, 0.717) is 21.8 Å². The lowest BCUT2D eigenvalue weighted by Crippen LogP contribution is -2.55. The zero-order chi connectivity index (χ0) is 28.8. The number of nitrogens with two attached hydrogens (primary N) is 1. The van der Waals surface area contributed by atoms with E-state index in [4.69, 9.17) is 22.1 Å². The lowest BCUT2D eigenvalue weighted by Gasteiger charge is -2.37. The molecule has 0 bridgehead atoms. The number of primary amides is 1. The number of hydrogen-bond donors (Lipinski definition) is 4. The average Bonchev–Trinajstić information content (AvgIpc) is 2.78. The van der Waals surface area contributed by atoms with Crippen LogP contribution in [0, 0.1) is 6.92 Å². The molecule has 2 rings (SSSR count). The molecular formula is C27H35ClN4O6. The monoisotopic (exact) mass is 546 g/mol. The number of hydrogen-bond acceptors (Lipinski definition) is 6. The van der Waals surface area contributed by atoms with Crippen LogP contribution in [0.3, 0.4) is 0 Å². The van der Waals surface area contributed by atoms with Gasteiger partial charge in [-0.25, -0.2) is 4.79 Å². The summed E-state index contributed by atoms with van der Waals surface area (Å²) in [6, 6.07) is 7.72. The van der Waals surface area contributed by atoms with E-state index in [1.54, 1.807) is 59.7 Å². The Hall–Kier alpha value is -3.79.